The van der Waals surface area contributed by atoms with Crippen LogP contribution in [0.3, 0.4) is 0 Å². The molecule has 1 saturated heterocycles. The van der Waals surface area contributed by atoms with Crippen LogP contribution in [0.15, 0.2) is 60.9 Å². The van der Waals surface area contributed by atoms with Gasteiger partial charge in [0, 0.05) is 37.8 Å². The Hall–Kier alpha value is -3.81. The van der Waals surface area contributed by atoms with E-state index in [1.165, 1.54) is 24.3 Å². The number of aromatic amines is 1. The second-order valence-corrected chi connectivity index (χ2v) is 8.32. The summed E-state index contributed by atoms with van der Waals surface area (Å²) in [6.07, 6.45) is 5.88. The summed E-state index contributed by atoms with van der Waals surface area (Å²) in [5, 5.41) is 4.42. The fourth-order valence-electron chi connectivity index (χ4n) is 4.40. The number of H-pyrrole nitrogens is 1. The van der Waals surface area contributed by atoms with Crippen LogP contribution in [0, 0.1) is 11.6 Å². The first kappa shape index (κ1) is 21.1. The molecular formula is C25H23F2N5O. The second kappa shape index (κ2) is 8.61. The highest BCUT2D eigenvalue weighted by molar-refractivity contribution is 5.99. The fourth-order valence-corrected chi connectivity index (χ4v) is 4.40. The predicted octanol–water partition coefficient (Wildman–Crippen LogP) is 4.60. The Morgan fingerprint density at radius 2 is 1.73 bits per heavy atom. The number of hydrogen-bond acceptors (Lipinski definition) is 3. The van der Waals surface area contributed by atoms with Crippen LogP contribution < -0.4 is 0 Å². The minimum Gasteiger partial charge on any atom is -0.342 e. The van der Waals surface area contributed by atoms with E-state index in [2.05, 4.69) is 15.1 Å². The van der Waals surface area contributed by atoms with E-state index in [1.807, 2.05) is 4.90 Å². The zero-order valence-electron chi connectivity index (χ0n) is 18.1. The minimum absolute atomic E-state index is 0.00667. The van der Waals surface area contributed by atoms with Crippen molar-refractivity contribution >= 4 is 5.91 Å². The van der Waals surface area contributed by atoms with E-state index >= 15 is 0 Å². The van der Waals surface area contributed by atoms with Crippen molar-refractivity contribution in [2.24, 2.45) is 7.05 Å². The smallest absolute Gasteiger partial charge is 0.275 e. The van der Waals surface area contributed by atoms with E-state index in [1.54, 1.807) is 48.4 Å². The third-order valence-electron chi connectivity index (χ3n) is 6.04. The molecule has 1 aliphatic rings. The Balaban J connectivity index is 1.36. The van der Waals surface area contributed by atoms with Crippen molar-refractivity contribution in [2.75, 3.05) is 6.54 Å². The number of nitrogens with zero attached hydrogens (tertiary/aromatic N) is 4. The first-order valence-electron chi connectivity index (χ1n) is 10.9. The average molecular weight is 447 g/mol. The predicted molar refractivity (Wildman–Crippen MR) is 120 cm³/mol. The molecule has 1 N–H and O–H groups in total. The normalized spacial score (nSPS) is 15.8. The van der Waals surface area contributed by atoms with Crippen molar-refractivity contribution in [3.63, 3.8) is 0 Å². The molecule has 1 atom stereocenters. The molecule has 0 radical (unpaired) electrons. The number of nitrogens with one attached hydrogen (secondary N) is 1. The first-order chi connectivity index (χ1) is 16.0. The van der Waals surface area contributed by atoms with Gasteiger partial charge in [-0.05, 0) is 60.4 Å². The summed E-state index contributed by atoms with van der Waals surface area (Å²) < 4.78 is 28.2. The number of amides is 1. The third-order valence-corrected chi connectivity index (χ3v) is 6.04. The van der Waals surface area contributed by atoms with Gasteiger partial charge in [0.2, 0.25) is 0 Å². The second-order valence-electron chi connectivity index (χ2n) is 8.32. The van der Waals surface area contributed by atoms with Gasteiger partial charge in [-0.1, -0.05) is 12.1 Å². The van der Waals surface area contributed by atoms with Crippen LogP contribution in [0.25, 0.3) is 22.4 Å². The quantitative estimate of drug-likeness (QED) is 0.486. The number of hydrogen-bond donors (Lipinski definition) is 1. The lowest BCUT2D eigenvalue weighted by Crippen LogP contribution is -2.37. The number of rotatable bonds is 5. The van der Waals surface area contributed by atoms with Crippen LogP contribution in [0.1, 0.15) is 29.2 Å². The summed E-state index contributed by atoms with van der Waals surface area (Å²) in [5.41, 5.74) is 3.46. The Bertz CT molecular complexity index is 1280. The Morgan fingerprint density at radius 1 is 1.06 bits per heavy atom. The maximum Gasteiger partial charge on any atom is 0.275 e. The van der Waals surface area contributed by atoms with E-state index in [0.717, 1.165) is 35.5 Å². The van der Waals surface area contributed by atoms with Gasteiger partial charge in [-0.3, -0.25) is 9.48 Å². The van der Waals surface area contributed by atoms with E-state index in [4.69, 9.17) is 0 Å². The van der Waals surface area contributed by atoms with Gasteiger partial charge in [-0.15, -0.1) is 0 Å². The lowest BCUT2D eigenvalue weighted by molar-refractivity contribution is 0.0729. The summed E-state index contributed by atoms with van der Waals surface area (Å²) >= 11 is 0. The molecule has 168 valence electrons. The maximum atomic E-state index is 13.5. The zero-order valence-corrected chi connectivity index (χ0v) is 18.1. The summed E-state index contributed by atoms with van der Waals surface area (Å²) in [4.78, 5) is 23.1. The van der Waals surface area contributed by atoms with Gasteiger partial charge in [-0.2, -0.15) is 5.10 Å². The molecule has 0 spiro atoms. The number of carbonyl (C=O) groups is 1. The Labute approximate surface area is 189 Å². The molecular weight excluding hydrogens is 424 g/mol. The number of halogens is 2. The van der Waals surface area contributed by atoms with Gasteiger partial charge in [0.15, 0.2) is 5.69 Å². The molecule has 5 rings (SSSR count). The molecule has 0 saturated carbocycles. The van der Waals surface area contributed by atoms with Crippen LogP contribution >= 0.6 is 0 Å². The maximum absolute atomic E-state index is 13.5. The summed E-state index contributed by atoms with van der Waals surface area (Å²) in [6.45, 7) is 0.647. The van der Waals surface area contributed by atoms with Crippen molar-refractivity contribution in [3.05, 3.63) is 84.1 Å². The van der Waals surface area contributed by atoms with Crippen LogP contribution in [0.5, 0.6) is 0 Å². The zero-order chi connectivity index (χ0) is 22.9. The molecule has 8 heteroatoms. The molecule has 2 aromatic heterocycles. The number of imidazole rings is 1. The van der Waals surface area contributed by atoms with Crippen molar-refractivity contribution in [3.8, 4) is 22.4 Å². The standard InChI is InChI=1S/C25H23F2N5O/c1-31-15-21(16-4-8-18(26)9-5-16)24(30-31)25(33)32-12-2-3-20(32)13-23-28-14-22(29-23)17-6-10-19(27)11-7-17/h4-11,14-15,20H,2-3,12-13H2,1H3,(H,28,29)/t20-/m0/s1. The SMILES string of the molecule is Cn1cc(-c2ccc(F)cc2)c(C(=O)N2CCC[C@H]2Cc2ncc(-c3ccc(F)cc3)[nH]2)n1. The third kappa shape index (κ3) is 4.28. The molecule has 3 heterocycles. The van der Waals surface area contributed by atoms with Crippen molar-refractivity contribution < 1.29 is 13.6 Å². The molecule has 33 heavy (non-hydrogen) atoms. The lowest BCUT2D eigenvalue weighted by Gasteiger charge is -2.23. The number of aromatic nitrogens is 4. The largest absolute Gasteiger partial charge is 0.342 e. The molecule has 0 bridgehead atoms. The van der Waals surface area contributed by atoms with Crippen LogP contribution in [0.2, 0.25) is 0 Å². The number of carbonyl (C=O) groups excluding carboxylic acids is 1. The van der Waals surface area contributed by atoms with Crippen LogP contribution in [0.4, 0.5) is 8.78 Å². The van der Waals surface area contributed by atoms with E-state index in [-0.39, 0.29) is 23.6 Å². The number of likely N-dealkylation sites (tertiary alicyclic amines) is 1. The molecule has 0 unspecified atom stereocenters. The Morgan fingerprint density at radius 3 is 2.42 bits per heavy atom. The molecule has 1 fully saturated rings. The van der Waals surface area contributed by atoms with Crippen LogP contribution in [-0.4, -0.2) is 43.1 Å². The molecule has 4 aromatic rings. The van der Waals surface area contributed by atoms with Gasteiger partial charge in [-0.25, -0.2) is 13.8 Å². The van der Waals surface area contributed by atoms with Gasteiger partial charge in [0.25, 0.3) is 5.91 Å². The van der Waals surface area contributed by atoms with E-state index in [9.17, 15) is 13.6 Å². The monoisotopic (exact) mass is 447 g/mol. The van der Waals surface area contributed by atoms with E-state index in [0.29, 0.717) is 24.2 Å². The summed E-state index contributed by atoms with van der Waals surface area (Å²) in [5.74, 6) is 0.0308. The minimum atomic E-state index is -0.325. The van der Waals surface area contributed by atoms with Crippen LogP contribution in [-0.2, 0) is 13.5 Å². The lowest BCUT2D eigenvalue weighted by atomic mass is 10.1. The van der Waals surface area contributed by atoms with Gasteiger partial charge >= 0.3 is 0 Å². The van der Waals surface area contributed by atoms with Crippen molar-refractivity contribution in [1.29, 1.82) is 0 Å². The molecule has 6 nitrogen and oxygen atoms in total. The molecule has 0 aliphatic carbocycles. The number of benzene rings is 2. The fraction of sp³-hybridized carbons (Fsp3) is 0.240. The molecule has 1 amide bonds. The molecule has 1 aliphatic heterocycles. The van der Waals surface area contributed by atoms with Crippen molar-refractivity contribution in [1.82, 2.24) is 24.6 Å². The van der Waals surface area contributed by atoms with Gasteiger partial charge < -0.3 is 9.88 Å². The van der Waals surface area contributed by atoms with Crippen molar-refractivity contribution in [2.45, 2.75) is 25.3 Å². The highest BCUT2D eigenvalue weighted by Gasteiger charge is 2.33. The highest BCUT2D eigenvalue weighted by Crippen LogP contribution is 2.28. The topological polar surface area (TPSA) is 66.8 Å². The number of aryl methyl sites for hydroxylation is 1. The first-order valence-corrected chi connectivity index (χ1v) is 10.9. The Kier molecular flexibility index (Phi) is 5.50. The van der Waals surface area contributed by atoms with Gasteiger partial charge in [0.05, 0.1) is 11.9 Å². The van der Waals surface area contributed by atoms with Gasteiger partial charge in [0.1, 0.15) is 17.5 Å². The molecule has 2 aromatic carbocycles. The van der Waals surface area contributed by atoms with E-state index < -0.39 is 0 Å². The average Bonchev–Trinajstić information content (AvgIpc) is 3.55. The summed E-state index contributed by atoms with van der Waals surface area (Å²) in [6, 6.07) is 12.3. The summed E-state index contributed by atoms with van der Waals surface area (Å²) in [7, 11) is 1.77. The highest BCUT2D eigenvalue weighted by atomic mass is 19.1.